The molecule has 2 aromatic rings. The first kappa shape index (κ1) is 16.1. The predicted octanol–water partition coefficient (Wildman–Crippen LogP) is 1.70. The van der Waals surface area contributed by atoms with Gasteiger partial charge in [-0.3, -0.25) is 9.69 Å². The van der Waals surface area contributed by atoms with Crippen molar-refractivity contribution in [2.24, 2.45) is 0 Å². The van der Waals surface area contributed by atoms with Crippen LogP contribution in [0.3, 0.4) is 0 Å². The molecule has 3 rings (SSSR count). The third kappa shape index (κ3) is 3.76. The summed E-state index contributed by atoms with van der Waals surface area (Å²) in [5, 5.41) is 9.21. The van der Waals surface area contributed by atoms with Crippen LogP contribution in [0.4, 0.5) is 0 Å². The molecule has 1 aromatic carbocycles. The maximum absolute atomic E-state index is 12.5. The number of benzene rings is 1. The van der Waals surface area contributed by atoms with Crippen LogP contribution in [0.1, 0.15) is 27.9 Å². The summed E-state index contributed by atoms with van der Waals surface area (Å²) in [6.07, 6.45) is 5.45. The van der Waals surface area contributed by atoms with E-state index in [-0.39, 0.29) is 5.91 Å². The topological polar surface area (TPSA) is 73.1 Å². The molecule has 24 heavy (non-hydrogen) atoms. The lowest BCUT2D eigenvalue weighted by Crippen LogP contribution is -2.35. The van der Waals surface area contributed by atoms with E-state index >= 15 is 0 Å². The molecule has 0 unspecified atom stereocenters. The minimum atomic E-state index is -0.0186. The lowest BCUT2D eigenvalue weighted by atomic mass is 10.1. The van der Waals surface area contributed by atoms with Gasteiger partial charge >= 0.3 is 0 Å². The molecule has 0 N–H and O–H groups in total. The van der Waals surface area contributed by atoms with E-state index in [1.165, 1.54) is 6.33 Å². The van der Waals surface area contributed by atoms with E-state index in [2.05, 4.69) is 20.9 Å². The fourth-order valence-corrected chi connectivity index (χ4v) is 2.93. The SMILES string of the molecule is N#Cc1ccccc1CN1CCCN(C(=O)c2cncnc2)CC1. The normalized spacial score (nSPS) is 15.5. The van der Waals surface area contributed by atoms with Gasteiger partial charge < -0.3 is 4.90 Å². The summed E-state index contributed by atoms with van der Waals surface area (Å²) in [5.74, 6) is -0.0186. The lowest BCUT2D eigenvalue weighted by molar-refractivity contribution is 0.0760. The van der Waals surface area contributed by atoms with Crippen LogP contribution in [0.5, 0.6) is 0 Å². The first-order chi connectivity index (χ1) is 11.8. The van der Waals surface area contributed by atoms with E-state index < -0.39 is 0 Å². The van der Waals surface area contributed by atoms with E-state index in [9.17, 15) is 10.1 Å². The first-order valence-corrected chi connectivity index (χ1v) is 8.02. The molecular formula is C18H19N5O. The zero-order valence-corrected chi connectivity index (χ0v) is 13.4. The highest BCUT2D eigenvalue weighted by Gasteiger charge is 2.21. The molecule has 1 aliphatic rings. The van der Waals surface area contributed by atoms with Gasteiger partial charge in [0.05, 0.1) is 17.2 Å². The Morgan fingerprint density at radius 1 is 1.12 bits per heavy atom. The first-order valence-electron chi connectivity index (χ1n) is 8.02. The van der Waals surface area contributed by atoms with E-state index in [1.807, 2.05) is 29.2 Å². The van der Waals surface area contributed by atoms with Gasteiger partial charge in [-0.05, 0) is 18.1 Å². The number of rotatable bonds is 3. The van der Waals surface area contributed by atoms with Crippen molar-refractivity contribution in [2.75, 3.05) is 26.2 Å². The molecule has 1 aliphatic heterocycles. The summed E-state index contributed by atoms with van der Waals surface area (Å²) in [6, 6.07) is 9.92. The maximum atomic E-state index is 12.5. The van der Waals surface area contributed by atoms with Crippen LogP contribution < -0.4 is 0 Å². The molecule has 0 radical (unpaired) electrons. The fourth-order valence-electron chi connectivity index (χ4n) is 2.93. The van der Waals surface area contributed by atoms with Crippen molar-refractivity contribution in [3.63, 3.8) is 0 Å². The van der Waals surface area contributed by atoms with Crippen molar-refractivity contribution in [2.45, 2.75) is 13.0 Å². The molecule has 6 heteroatoms. The van der Waals surface area contributed by atoms with Gasteiger partial charge in [-0.2, -0.15) is 5.26 Å². The predicted molar refractivity (Wildman–Crippen MR) is 89.0 cm³/mol. The molecule has 0 spiro atoms. The van der Waals surface area contributed by atoms with Gasteiger partial charge in [-0.25, -0.2) is 9.97 Å². The molecule has 1 saturated heterocycles. The number of carbonyl (C=O) groups excluding carboxylic acids is 1. The Bertz CT molecular complexity index is 741. The van der Waals surface area contributed by atoms with Crippen molar-refractivity contribution in [3.05, 3.63) is 59.7 Å². The Morgan fingerprint density at radius 3 is 2.71 bits per heavy atom. The number of nitriles is 1. The second-order valence-electron chi connectivity index (χ2n) is 5.82. The molecule has 1 fully saturated rings. The zero-order chi connectivity index (χ0) is 16.8. The molecular weight excluding hydrogens is 302 g/mol. The highest BCUT2D eigenvalue weighted by Crippen LogP contribution is 2.14. The number of carbonyl (C=O) groups is 1. The molecule has 6 nitrogen and oxygen atoms in total. The van der Waals surface area contributed by atoms with Crippen LogP contribution >= 0.6 is 0 Å². The second-order valence-corrected chi connectivity index (χ2v) is 5.82. The quantitative estimate of drug-likeness (QED) is 0.860. The average Bonchev–Trinajstić information content (AvgIpc) is 2.88. The van der Waals surface area contributed by atoms with Crippen molar-refractivity contribution in [3.8, 4) is 6.07 Å². The summed E-state index contributed by atoms with van der Waals surface area (Å²) < 4.78 is 0. The van der Waals surface area contributed by atoms with Crippen LogP contribution in [-0.2, 0) is 6.54 Å². The smallest absolute Gasteiger partial charge is 0.257 e. The number of amides is 1. The monoisotopic (exact) mass is 321 g/mol. The molecule has 1 aromatic heterocycles. The number of nitrogens with zero attached hydrogens (tertiary/aromatic N) is 5. The van der Waals surface area contributed by atoms with E-state index in [0.717, 1.165) is 43.7 Å². The van der Waals surface area contributed by atoms with Crippen LogP contribution in [0.2, 0.25) is 0 Å². The Kier molecular flexibility index (Phi) is 5.14. The summed E-state index contributed by atoms with van der Waals surface area (Å²) >= 11 is 0. The van der Waals surface area contributed by atoms with Crippen molar-refractivity contribution >= 4 is 5.91 Å². The summed E-state index contributed by atoms with van der Waals surface area (Å²) in [5.41, 5.74) is 2.29. The largest absolute Gasteiger partial charge is 0.337 e. The minimum Gasteiger partial charge on any atom is -0.337 e. The molecule has 0 saturated carbocycles. The van der Waals surface area contributed by atoms with Gasteiger partial charge in [0, 0.05) is 45.1 Å². The van der Waals surface area contributed by atoms with Crippen LogP contribution in [0, 0.1) is 11.3 Å². The van der Waals surface area contributed by atoms with E-state index in [0.29, 0.717) is 12.1 Å². The van der Waals surface area contributed by atoms with Crippen molar-refractivity contribution in [1.82, 2.24) is 19.8 Å². The van der Waals surface area contributed by atoms with Crippen molar-refractivity contribution in [1.29, 1.82) is 5.26 Å². The number of hydrogen-bond acceptors (Lipinski definition) is 5. The molecule has 2 heterocycles. The minimum absolute atomic E-state index is 0.0186. The number of aromatic nitrogens is 2. The van der Waals surface area contributed by atoms with Gasteiger partial charge in [0.1, 0.15) is 6.33 Å². The highest BCUT2D eigenvalue weighted by atomic mass is 16.2. The van der Waals surface area contributed by atoms with E-state index in [4.69, 9.17) is 0 Å². The molecule has 0 bridgehead atoms. The van der Waals surface area contributed by atoms with Gasteiger partial charge in [-0.1, -0.05) is 18.2 Å². The lowest BCUT2D eigenvalue weighted by Gasteiger charge is -2.22. The number of hydrogen-bond donors (Lipinski definition) is 0. The standard InChI is InChI=1S/C18H19N5O/c19-10-15-4-1-2-5-16(15)13-22-6-3-7-23(9-8-22)18(24)17-11-20-14-21-12-17/h1-2,4-5,11-12,14H,3,6-9,13H2. The zero-order valence-electron chi connectivity index (χ0n) is 13.4. The Morgan fingerprint density at radius 2 is 1.92 bits per heavy atom. The van der Waals surface area contributed by atoms with Gasteiger partial charge in [0.15, 0.2) is 0 Å². The van der Waals surface area contributed by atoms with E-state index in [1.54, 1.807) is 12.4 Å². The molecule has 0 aliphatic carbocycles. The van der Waals surface area contributed by atoms with Gasteiger partial charge in [-0.15, -0.1) is 0 Å². The maximum Gasteiger partial charge on any atom is 0.257 e. The van der Waals surface area contributed by atoms with Gasteiger partial charge in [0.25, 0.3) is 5.91 Å². The van der Waals surface area contributed by atoms with Gasteiger partial charge in [0.2, 0.25) is 0 Å². The third-order valence-corrected chi connectivity index (χ3v) is 4.22. The Labute approximate surface area is 141 Å². The third-order valence-electron chi connectivity index (χ3n) is 4.22. The van der Waals surface area contributed by atoms with Crippen LogP contribution in [0.25, 0.3) is 0 Å². The highest BCUT2D eigenvalue weighted by molar-refractivity contribution is 5.93. The summed E-state index contributed by atoms with van der Waals surface area (Å²) in [7, 11) is 0. The Balaban J connectivity index is 1.63. The average molecular weight is 321 g/mol. The second kappa shape index (κ2) is 7.66. The molecule has 122 valence electrons. The van der Waals surface area contributed by atoms with Crippen LogP contribution in [-0.4, -0.2) is 51.9 Å². The van der Waals surface area contributed by atoms with Crippen molar-refractivity contribution < 1.29 is 4.79 Å². The Hall–Kier alpha value is -2.78. The fraction of sp³-hybridized carbons (Fsp3) is 0.333. The molecule has 0 atom stereocenters. The molecule has 1 amide bonds. The summed E-state index contributed by atoms with van der Waals surface area (Å²) in [4.78, 5) is 24.5. The summed E-state index contributed by atoms with van der Waals surface area (Å²) in [6.45, 7) is 3.83. The van der Waals surface area contributed by atoms with Crippen LogP contribution in [0.15, 0.2) is 43.0 Å².